The largest absolute Gasteiger partial charge is 0.361 e. The van der Waals surface area contributed by atoms with Crippen LogP contribution in [0.1, 0.15) is 20.8 Å². The predicted octanol–water partition coefficient (Wildman–Crippen LogP) is 2.76. The summed E-state index contributed by atoms with van der Waals surface area (Å²) in [6.07, 6.45) is 1.28. The number of anilines is 1. The molecule has 1 aromatic heterocycles. The molecule has 1 atom stereocenters. The molecule has 5 nitrogen and oxygen atoms in total. The van der Waals surface area contributed by atoms with Gasteiger partial charge in [0.25, 0.3) is 0 Å². The zero-order valence-electron chi connectivity index (χ0n) is 9.06. The Morgan fingerprint density at radius 1 is 1.60 bits per heavy atom. The minimum absolute atomic E-state index is 0.0784. The maximum Gasteiger partial charge on any atom is 0.345 e. The molecule has 0 radical (unpaired) electrons. The zero-order valence-corrected chi connectivity index (χ0v) is 9.87. The van der Waals surface area contributed by atoms with Gasteiger partial charge in [0.2, 0.25) is 0 Å². The fourth-order valence-electron chi connectivity index (χ4n) is 0.916. The third-order valence-corrected chi connectivity index (χ3v) is 3.29. The second-order valence-electron chi connectivity index (χ2n) is 3.86. The first-order valence-electron chi connectivity index (χ1n) is 4.84. The van der Waals surface area contributed by atoms with Crippen LogP contribution in [0.4, 0.5) is 10.1 Å². The SMILES string of the molecule is CC(C)C(C)CNc1ncc([N+](=O)[O-])s1. The summed E-state index contributed by atoms with van der Waals surface area (Å²) in [5.41, 5.74) is 0. The molecule has 0 aliphatic rings. The van der Waals surface area contributed by atoms with Gasteiger partial charge in [-0.2, -0.15) is 0 Å². The monoisotopic (exact) mass is 229 g/mol. The summed E-state index contributed by atoms with van der Waals surface area (Å²) in [5, 5.41) is 14.2. The molecule has 1 N–H and O–H groups in total. The number of rotatable bonds is 5. The molecule has 0 aliphatic heterocycles. The summed E-state index contributed by atoms with van der Waals surface area (Å²) in [7, 11) is 0. The Morgan fingerprint density at radius 3 is 2.73 bits per heavy atom. The van der Waals surface area contributed by atoms with E-state index in [9.17, 15) is 10.1 Å². The van der Waals surface area contributed by atoms with Gasteiger partial charge in [0.05, 0.1) is 4.92 Å². The van der Waals surface area contributed by atoms with Crippen molar-refractivity contribution in [1.29, 1.82) is 0 Å². The molecule has 0 bridgehead atoms. The minimum Gasteiger partial charge on any atom is -0.361 e. The summed E-state index contributed by atoms with van der Waals surface area (Å²) < 4.78 is 0. The van der Waals surface area contributed by atoms with Gasteiger partial charge in [-0.1, -0.05) is 20.8 Å². The molecule has 0 saturated heterocycles. The highest BCUT2D eigenvalue weighted by atomic mass is 32.1. The van der Waals surface area contributed by atoms with Gasteiger partial charge in [0.15, 0.2) is 5.13 Å². The Morgan fingerprint density at radius 2 is 2.27 bits per heavy atom. The van der Waals surface area contributed by atoms with E-state index in [-0.39, 0.29) is 5.00 Å². The van der Waals surface area contributed by atoms with Crippen molar-refractivity contribution in [2.24, 2.45) is 11.8 Å². The zero-order chi connectivity index (χ0) is 11.4. The second kappa shape index (κ2) is 5.06. The molecule has 0 aromatic carbocycles. The predicted molar refractivity (Wildman–Crippen MR) is 61.3 cm³/mol. The highest BCUT2D eigenvalue weighted by Gasteiger charge is 2.12. The molecule has 0 fully saturated rings. The van der Waals surface area contributed by atoms with Crippen LogP contribution in [0.2, 0.25) is 0 Å². The van der Waals surface area contributed by atoms with E-state index in [1.165, 1.54) is 6.20 Å². The van der Waals surface area contributed by atoms with Crippen LogP contribution in [0, 0.1) is 22.0 Å². The van der Waals surface area contributed by atoms with Gasteiger partial charge in [-0.15, -0.1) is 0 Å². The summed E-state index contributed by atoms with van der Waals surface area (Å²) in [6.45, 7) is 7.23. The molecule has 1 aromatic rings. The maximum absolute atomic E-state index is 10.4. The van der Waals surface area contributed by atoms with E-state index < -0.39 is 4.92 Å². The van der Waals surface area contributed by atoms with Gasteiger partial charge in [-0.3, -0.25) is 10.1 Å². The molecule has 15 heavy (non-hydrogen) atoms. The molecule has 0 aliphatic carbocycles. The van der Waals surface area contributed by atoms with Crippen LogP contribution in [-0.4, -0.2) is 16.5 Å². The lowest BCUT2D eigenvalue weighted by atomic mass is 9.98. The first-order chi connectivity index (χ1) is 7.00. The molecule has 0 saturated carbocycles. The topological polar surface area (TPSA) is 68.1 Å². The van der Waals surface area contributed by atoms with Gasteiger partial charge in [-0.05, 0) is 23.2 Å². The molecule has 84 valence electrons. The van der Waals surface area contributed by atoms with Crippen LogP contribution in [-0.2, 0) is 0 Å². The summed E-state index contributed by atoms with van der Waals surface area (Å²) >= 11 is 1.07. The highest BCUT2D eigenvalue weighted by Crippen LogP contribution is 2.25. The fraction of sp³-hybridized carbons (Fsp3) is 0.667. The third-order valence-electron chi connectivity index (χ3n) is 2.39. The van der Waals surface area contributed by atoms with Crippen molar-refractivity contribution in [2.45, 2.75) is 20.8 Å². The summed E-state index contributed by atoms with van der Waals surface area (Å²) in [6, 6.07) is 0. The fourth-order valence-corrected chi connectivity index (χ4v) is 1.55. The van der Waals surface area contributed by atoms with Gasteiger partial charge in [-0.25, -0.2) is 4.98 Å². The minimum atomic E-state index is -0.422. The van der Waals surface area contributed by atoms with Crippen LogP contribution in [0.15, 0.2) is 6.20 Å². The molecule has 1 heterocycles. The van der Waals surface area contributed by atoms with Crippen LogP contribution in [0.5, 0.6) is 0 Å². The molecule has 0 spiro atoms. The van der Waals surface area contributed by atoms with Gasteiger partial charge in [0, 0.05) is 6.54 Å². The van der Waals surface area contributed by atoms with Crippen LogP contribution < -0.4 is 5.32 Å². The lowest BCUT2D eigenvalue weighted by Crippen LogP contribution is -2.15. The number of aromatic nitrogens is 1. The van der Waals surface area contributed by atoms with E-state index in [1.54, 1.807) is 0 Å². The normalized spacial score (nSPS) is 12.8. The number of nitro groups is 1. The molecular formula is C9H15N3O2S. The molecule has 6 heteroatoms. The smallest absolute Gasteiger partial charge is 0.345 e. The number of nitrogens with one attached hydrogen (secondary N) is 1. The van der Waals surface area contributed by atoms with Crippen molar-refractivity contribution >= 4 is 21.5 Å². The Balaban J connectivity index is 2.48. The van der Waals surface area contributed by atoms with E-state index in [0.29, 0.717) is 17.0 Å². The average molecular weight is 229 g/mol. The van der Waals surface area contributed by atoms with Crippen LogP contribution >= 0.6 is 11.3 Å². The summed E-state index contributed by atoms with van der Waals surface area (Å²) in [5.74, 6) is 1.11. The quantitative estimate of drug-likeness (QED) is 0.622. The lowest BCUT2D eigenvalue weighted by molar-refractivity contribution is -0.380. The number of thiazole rings is 1. The summed E-state index contributed by atoms with van der Waals surface area (Å²) in [4.78, 5) is 13.9. The molecule has 1 rings (SSSR count). The van der Waals surface area contributed by atoms with Crippen LogP contribution in [0.3, 0.4) is 0 Å². The number of nitrogens with zero attached hydrogens (tertiary/aromatic N) is 2. The Labute approximate surface area is 92.7 Å². The molecular weight excluding hydrogens is 214 g/mol. The standard InChI is InChI=1S/C9H15N3O2S/c1-6(2)7(3)4-10-9-11-5-8(15-9)12(13)14/h5-7H,4H2,1-3H3,(H,10,11). The van der Waals surface area contributed by atoms with Crippen LogP contribution in [0.25, 0.3) is 0 Å². The average Bonchev–Trinajstić information content (AvgIpc) is 2.62. The number of hydrogen-bond donors (Lipinski definition) is 1. The van der Waals surface area contributed by atoms with Gasteiger partial charge < -0.3 is 5.32 Å². The molecule has 0 amide bonds. The van der Waals surface area contributed by atoms with Gasteiger partial charge in [0.1, 0.15) is 6.20 Å². The van der Waals surface area contributed by atoms with Gasteiger partial charge >= 0.3 is 5.00 Å². The highest BCUT2D eigenvalue weighted by molar-refractivity contribution is 7.18. The maximum atomic E-state index is 10.4. The van der Waals surface area contributed by atoms with Crippen molar-refractivity contribution in [2.75, 3.05) is 11.9 Å². The van der Waals surface area contributed by atoms with Crippen molar-refractivity contribution in [3.63, 3.8) is 0 Å². The Hall–Kier alpha value is -1.17. The van der Waals surface area contributed by atoms with Crippen molar-refractivity contribution in [3.8, 4) is 0 Å². The van der Waals surface area contributed by atoms with E-state index in [4.69, 9.17) is 0 Å². The number of hydrogen-bond acceptors (Lipinski definition) is 5. The Bertz CT molecular complexity index is 338. The van der Waals surface area contributed by atoms with Crippen molar-refractivity contribution in [3.05, 3.63) is 16.3 Å². The van der Waals surface area contributed by atoms with Crippen molar-refractivity contribution < 1.29 is 4.92 Å². The Kier molecular flexibility index (Phi) is 4.02. The third kappa shape index (κ3) is 3.47. The van der Waals surface area contributed by atoms with E-state index in [2.05, 4.69) is 31.1 Å². The van der Waals surface area contributed by atoms with E-state index in [1.807, 2.05) is 0 Å². The first-order valence-corrected chi connectivity index (χ1v) is 5.66. The lowest BCUT2D eigenvalue weighted by Gasteiger charge is -2.15. The molecule has 1 unspecified atom stereocenters. The van der Waals surface area contributed by atoms with E-state index in [0.717, 1.165) is 17.9 Å². The van der Waals surface area contributed by atoms with E-state index >= 15 is 0 Å². The van der Waals surface area contributed by atoms with Crippen molar-refractivity contribution in [1.82, 2.24) is 4.98 Å². The first kappa shape index (κ1) is 11.9. The second-order valence-corrected chi connectivity index (χ2v) is 4.87.